The second kappa shape index (κ2) is 5.25. The topological polar surface area (TPSA) is 58.0 Å². The van der Waals surface area contributed by atoms with E-state index in [0.29, 0.717) is 11.9 Å². The summed E-state index contributed by atoms with van der Waals surface area (Å²) in [6.07, 6.45) is 7.62. The first-order valence-electron chi connectivity index (χ1n) is 5.94. The van der Waals surface area contributed by atoms with E-state index in [1.807, 2.05) is 19.3 Å². The fraction of sp³-hybridized carbons (Fsp3) is 0.667. The first kappa shape index (κ1) is 11.3. The molecule has 1 saturated carbocycles. The maximum absolute atomic E-state index is 9.40. The van der Waals surface area contributed by atoms with Crippen LogP contribution in [0.3, 0.4) is 0 Å². The average molecular weight is 221 g/mol. The highest BCUT2D eigenvalue weighted by Crippen LogP contribution is 2.24. The van der Waals surface area contributed by atoms with Crippen molar-refractivity contribution in [1.82, 2.24) is 9.97 Å². The molecule has 0 amide bonds. The van der Waals surface area contributed by atoms with Crippen molar-refractivity contribution in [2.45, 2.75) is 38.7 Å². The summed E-state index contributed by atoms with van der Waals surface area (Å²) in [7, 11) is 0. The van der Waals surface area contributed by atoms with Crippen molar-refractivity contribution in [2.75, 3.05) is 11.9 Å². The summed E-state index contributed by atoms with van der Waals surface area (Å²) < 4.78 is 0. The van der Waals surface area contributed by atoms with Gasteiger partial charge in [-0.3, -0.25) is 0 Å². The SMILES string of the molecule is Cc1cnc(NCC2CCC(O)CC2)nc1. The molecule has 4 nitrogen and oxygen atoms in total. The predicted molar refractivity (Wildman–Crippen MR) is 63.2 cm³/mol. The standard InChI is InChI=1S/C12H19N3O/c1-9-6-13-12(14-7-9)15-8-10-2-4-11(16)5-3-10/h6-7,10-11,16H,2-5,8H2,1H3,(H,13,14,15). The highest BCUT2D eigenvalue weighted by Gasteiger charge is 2.19. The summed E-state index contributed by atoms with van der Waals surface area (Å²) in [4.78, 5) is 8.41. The van der Waals surface area contributed by atoms with Gasteiger partial charge in [0.2, 0.25) is 5.95 Å². The van der Waals surface area contributed by atoms with Crippen molar-refractivity contribution in [3.05, 3.63) is 18.0 Å². The second-order valence-corrected chi connectivity index (χ2v) is 4.64. The van der Waals surface area contributed by atoms with Crippen LogP contribution in [0.25, 0.3) is 0 Å². The number of nitrogens with zero attached hydrogens (tertiary/aromatic N) is 2. The zero-order valence-electron chi connectivity index (χ0n) is 9.69. The van der Waals surface area contributed by atoms with Gasteiger partial charge in [0.15, 0.2) is 0 Å². The lowest BCUT2D eigenvalue weighted by molar-refractivity contribution is 0.111. The molecule has 0 aliphatic heterocycles. The van der Waals surface area contributed by atoms with Gasteiger partial charge < -0.3 is 10.4 Å². The minimum absolute atomic E-state index is 0.0770. The molecular weight excluding hydrogens is 202 g/mol. The van der Waals surface area contributed by atoms with Crippen molar-refractivity contribution in [1.29, 1.82) is 0 Å². The van der Waals surface area contributed by atoms with Crippen LogP contribution in [-0.4, -0.2) is 27.7 Å². The molecule has 0 unspecified atom stereocenters. The number of aryl methyl sites for hydroxylation is 1. The number of hydrogen-bond donors (Lipinski definition) is 2. The monoisotopic (exact) mass is 221 g/mol. The Kier molecular flexibility index (Phi) is 3.72. The molecule has 0 spiro atoms. The van der Waals surface area contributed by atoms with Gasteiger partial charge in [-0.15, -0.1) is 0 Å². The molecule has 0 atom stereocenters. The van der Waals surface area contributed by atoms with E-state index in [2.05, 4.69) is 15.3 Å². The summed E-state index contributed by atoms with van der Waals surface area (Å²) in [6.45, 7) is 2.89. The van der Waals surface area contributed by atoms with Crippen LogP contribution in [0, 0.1) is 12.8 Å². The van der Waals surface area contributed by atoms with Gasteiger partial charge in [0.05, 0.1) is 6.10 Å². The predicted octanol–water partition coefficient (Wildman–Crippen LogP) is 1.75. The van der Waals surface area contributed by atoms with Gasteiger partial charge in [0.25, 0.3) is 0 Å². The lowest BCUT2D eigenvalue weighted by Gasteiger charge is -2.25. The lowest BCUT2D eigenvalue weighted by atomic mass is 9.87. The Hall–Kier alpha value is -1.16. The maximum Gasteiger partial charge on any atom is 0.222 e. The summed E-state index contributed by atoms with van der Waals surface area (Å²) in [5.41, 5.74) is 1.08. The molecule has 2 rings (SSSR count). The molecular formula is C12H19N3O. The number of aliphatic hydroxyl groups excluding tert-OH is 1. The third-order valence-electron chi connectivity index (χ3n) is 3.15. The van der Waals surface area contributed by atoms with E-state index >= 15 is 0 Å². The molecule has 16 heavy (non-hydrogen) atoms. The summed E-state index contributed by atoms with van der Waals surface area (Å²) in [6, 6.07) is 0. The van der Waals surface area contributed by atoms with E-state index < -0.39 is 0 Å². The number of rotatable bonds is 3. The second-order valence-electron chi connectivity index (χ2n) is 4.64. The molecule has 1 aliphatic carbocycles. The number of anilines is 1. The zero-order chi connectivity index (χ0) is 11.4. The van der Waals surface area contributed by atoms with E-state index in [-0.39, 0.29) is 6.10 Å². The Morgan fingerprint density at radius 2 is 1.88 bits per heavy atom. The van der Waals surface area contributed by atoms with Gasteiger partial charge in [0, 0.05) is 18.9 Å². The van der Waals surface area contributed by atoms with Gasteiger partial charge in [-0.1, -0.05) is 0 Å². The van der Waals surface area contributed by atoms with E-state index in [9.17, 15) is 5.11 Å². The molecule has 1 heterocycles. The molecule has 0 bridgehead atoms. The fourth-order valence-corrected chi connectivity index (χ4v) is 2.07. The maximum atomic E-state index is 9.40. The number of hydrogen-bond acceptors (Lipinski definition) is 4. The first-order valence-corrected chi connectivity index (χ1v) is 5.94. The van der Waals surface area contributed by atoms with Crippen molar-refractivity contribution in [3.8, 4) is 0 Å². The quantitative estimate of drug-likeness (QED) is 0.816. The third-order valence-corrected chi connectivity index (χ3v) is 3.15. The zero-order valence-corrected chi connectivity index (χ0v) is 9.69. The molecule has 4 heteroatoms. The van der Waals surface area contributed by atoms with Gasteiger partial charge in [0.1, 0.15) is 0 Å². The van der Waals surface area contributed by atoms with Crippen LogP contribution in [0.4, 0.5) is 5.95 Å². The highest BCUT2D eigenvalue weighted by molar-refractivity contribution is 5.24. The molecule has 0 radical (unpaired) electrons. The van der Waals surface area contributed by atoms with Crippen LogP contribution in [0.1, 0.15) is 31.2 Å². The van der Waals surface area contributed by atoms with Gasteiger partial charge in [-0.25, -0.2) is 9.97 Å². The number of nitrogens with one attached hydrogen (secondary N) is 1. The Morgan fingerprint density at radius 1 is 1.25 bits per heavy atom. The molecule has 1 aromatic heterocycles. The number of aromatic nitrogens is 2. The van der Waals surface area contributed by atoms with Crippen LogP contribution >= 0.6 is 0 Å². The van der Waals surface area contributed by atoms with Crippen molar-refractivity contribution in [3.63, 3.8) is 0 Å². The third kappa shape index (κ3) is 3.17. The minimum atomic E-state index is -0.0770. The molecule has 1 aromatic rings. The van der Waals surface area contributed by atoms with E-state index in [0.717, 1.165) is 37.8 Å². The summed E-state index contributed by atoms with van der Waals surface area (Å²) >= 11 is 0. The largest absolute Gasteiger partial charge is 0.393 e. The first-order chi connectivity index (χ1) is 7.74. The molecule has 1 fully saturated rings. The van der Waals surface area contributed by atoms with Crippen molar-refractivity contribution in [2.24, 2.45) is 5.92 Å². The van der Waals surface area contributed by atoms with Crippen LogP contribution in [-0.2, 0) is 0 Å². The highest BCUT2D eigenvalue weighted by atomic mass is 16.3. The Bertz CT molecular complexity index is 318. The van der Waals surface area contributed by atoms with Crippen LogP contribution in [0.5, 0.6) is 0 Å². The lowest BCUT2D eigenvalue weighted by Crippen LogP contribution is -2.24. The number of aliphatic hydroxyl groups is 1. The average Bonchev–Trinajstić information content (AvgIpc) is 2.30. The van der Waals surface area contributed by atoms with Crippen LogP contribution in [0.2, 0.25) is 0 Å². The molecule has 88 valence electrons. The van der Waals surface area contributed by atoms with Crippen LogP contribution < -0.4 is 5.32 Å². The molecule has 2 N–H and O–H groups in total. The van der Waals surface area contributed by atoms with Crippen molar-refractivity contribution < 1.29 is 5.11 Å². The van der Waals surface area contributed by atoms with Gasteiger partial charge in [-0.05, 0) is 44.1 Å². The van der Waals surface area contributed by atoms with Crippen LogP contribution in [0.15, 0.2) is 12.4 Å². The normalized spacial score (nSPS) is 25.4. The van der Waals surface area contributed by atoms with E-state index in [1.54, 1.807) is 0 Å². The molecule has 0 saturated heterocycles. The molecule has 0 aromatic carbocycles. The van der Waals surface area contributed by atoms with Gasteiger partial charge in [-0.2, -0.15) is 0 Å². The van der Waals surface area contributed by atoms with E-state index in [1.165, 1.54) is 0 Å². The van der Waals surface area contributed by atoms with Gasteiger partial charge >= 0.3 is 0 Å². The smallest absolute Gasteiger partial charge is 0.222 e. The summed E-state index contributed by atoms with van der Waals surface area (Å²) in [5.74, 6) is 1.35. The van der Waals surface area contributed by atoms with E-state index in [4.69, 9.17) is 0 Å². The Labute approximate surface area is 96.1 Å². The summed E-state index contributed by atoms with van der Waals surface area (Å²) in [5, 5.41) is 12.7. The Morgan fingerprint density at radius 3 is 2.50 bits per heavy atom. The molecule has 1 aliphatic rings. The van der Waals surface area contributed by atoms with Crippen molar-refractivity contribution >= 4 is 5.95 Å². The Balaban J connectivity index is 1.77. The minimum Gasteiger partial charge on any atom is -0.393 e. The fourth-order valence-electron chi connectivity index (χ4n) is 2.07.